The van der Waals surface area contributed by atoms with E-state index in [1.807, 2.05) is 30.3 Å². The van der Waals surface area contributed by atoms with Crippen LogP contribution in [0.15, 0.2) is 42.5 Å². The summed E-state index contributed by atoms with van der Waals surface area (Å²) in [4.78, 5) is 16.7. The molecule has 1 amide bonds. The Kier molecular flexibility index (Phi) is 6.35. The number of aromatic nitrogens is 1. The first-order chi connectivity index (χ1) is 12.7. The van der Waals surface area contributed by atoms with Crippen molar-refractivity contribution >= 4 is 39.2 Å². The molecule has 5 nitrogen and oxygen atoms in total. The van der Waals surface area contributed by atoms with E-state index in [1.165, 1.54) is 4.70 Å². The molecule has 0 unspecified atom stereocenters. The van der Waals surface area contributed by atoms with E-state index in [0.29, 0.717) is 23.8 Å². The van der Waals surface area contributed by atoms with Crippen LogP contribution in [0.5, 0.6) is 11.5 Å². The number of nitrogens with zero attached hydrogens (tertiary/aromatic N) is 1. The van der Waals surface area contributed by atoms with E-state index < -0.39 is 0 Å². The molecule has 3 aromatic rings. The summed E-state index contributed by atoms with van der Waals surface area (Å²) < 4.78 is 11.7. The van der Waals surface area contributed by atoms with Gasteiger partial charge in [0.1, 0.15) is 16.5 Å². The third-order valence-electron chi connectivity index (χ3n) is 3.70. The molecule has 1 aromatic heterocycles. The maximum absolute atomic E-state index is 12.1. The molecule has 26 heavy (non-hydrogen) atoms. The van der Waals surface area contributed by atoms with Crippen LogP contribution in [0.25, 0.3) is 10.2 Å². The molecule has 0 saturated heterocycles. The molecule has 0 aliphatic carbocycles. The quantitative estimate of drug-likeness (QED) is 0.635. The fraction of sp³-hybridized carbons (Fsp3) is 0.263. The summed E-state index contributed by atoms with van der Waals surface area (Å²) in [6.07, 6.45) is 0. The Labute approximate surface area is 160 Å². The van der Waals surface area contributed by atoms with Crippen molar-refractivity contribution in [3.63, 3.8) is 0 Å². The highest BCUT2D eigenvalue weighted by atomic mass is 32.2. The van der Waals surface area contributed by atoms with Crippen molar-refractivity contribution in [2.45, 2.75) is 12.3 Å². The number of benzene rings is 2. The van der Waals surface area contributed by atoms with Crippen LogP contribution in [-0.4, -0.2) is 30.9 Å². The van der Waals surface area contributed by atoms with Gasteiger partial charge in [-0.1, -0.05) is 12.1 Å². The van der Waals surface area contributed by atoms with Gasteiger partial charge in [-0.15, -0.1) is 23.1 Å². The molecule has 0 aliphatic rings. The third kappa shape index (κ3) is 4.89. The van der Waals surface area contributed by atoms with Crippen molar-refractivity contribution in [2.75, 3.05) is 20.0 Å². The van der Waals surface area contributed by atoms with Gasteiger partial charge in [0.15, 0.2) is 0 Å². The van der Waals surface area contributed by atoms with E-state index in [-0.39, 0.29) is 5.91 Å². The van der Waals surface area contributed by atoms with Gasteiger partial charge < -0.3 is 14.8 Å². The van der Waals surface area contributed by atoms with Gasteiger partial charge >= 0.3 is 0 Å². The molecule has 0 atom stereocenters. The number of rotatable bonds is 8. The molecule has 0 bridgehead atoms. The summed E-state index contributed by atoms with van der Waals surface area (Å²) in [5, 5.41) is 3.97. The third-order valence-corrected chi connectivity index (χ3v) is 5.86. The number of amides is 1. The normalized spacial score (nSPS) is 10.7. The first kappa shape index (κ1) is 18.5. The highest BCUT2D eigenvalue weighted by Gasteiger charge is 2.07. The second kappa shape index (κ2) is 8.91. The Morgan fingerprint density at radius 3 is 2.58 bits per heavy atom. The minimum atomic E-state index is -0.00195. The largest absolute Gasteiger partial charge is 0.497 e. The highest BCUT2D eigenvalue weighted by molar-refractivity contribution is 7.99. The van der Waals surface area contributed by atoms with E-state index >= 15 is 0 Å². The van der Waals surface area contributed by atoms with E-state index in [4.69, 9.17) is 9.47 Å². The lowest BCUT2D eigenvalue weighted by molar-refractivity contribution is -0.118. The van der Waals surface area contributed by atoms with Crippen LogP contribution in [-0.2, 0) is 17.1 Å². The Bertz CT molecular complexity index is 840. The van der Waals surface area contributed by atoms with Gasteiger partial charge in [-0.05, 0) is 29.8 Å². The maximum Gasteiger partial charge on any atom is 0.230 e. The Morgan fingerprint density at radius 1 is 1.15 bits per heavy atom. The molecule has 2 aromatic carbocycles. The van der Waals surface area contributed by atoms with Gasteiger partial charge in [0, 0.05) is 18.4 Å². The van der Waals surface area contributed by atoms with Crippen molar-refractivity contribution in [3.05, 3.63) is 53.0 Å². The maximum atomic E-state index is 12.1. The minimum Gasteiger partial charge on any atom is -0.497 e. The van der Waals surface area contributed by atoms with E-state index in [2.05, 4.69) is 16.4 Å². The summed E-state index contributed by atoms with van der Waals surface area (Å²) in [7, 11) is 3.21. The molecular weight excluding hydrogens is 368 g/mol. The first-order valence-corrected chi connectivity index (χ1v) is 10.1. The van der Waals surface area contributed by atoms with Gasteiger partial charge in [0.25, 0.3) is 0 Å². The highest BCUT2D eigenvalue weighted by Crippen LogP contribution is 2.25. The van der Waals surface area contributed by atoms with Gasteiger partial charge in [0.05, 0.1) is 30.2 Å². The molecule has 1 heterocycles. The van der Waals surface area contributed by atoms with Gasteiger partial charge in [-0.2, -0.15) is 0 Å². The predicted octanol–water partition coefficient (Wildman–Crippen LogP) is 3.86. The molecule has 3 rings (SSSR count). The first-order valence-electron chi connectivity index (χ1n) is 8.09. The second-order valence-corrected chi connectivity index (χ2v) is 7.67. The summed E-state index contributed by atoms with van der Waals surface area (Å²) in [5.74, 6) is 2.55. The molecule has 136 valence electrons. The van der Waals surface area contributed by atoms with E-state index in [0.717, 1.165) is 21.8 Å². The lowest BCUT2D eigenvalue weighted by Gasteiger charge is -2.09. The average Bonchev–Trinajstić information content (AvgIpc) is 3.08. The lowest BCUT2D eigenvalue weighted by Crippen LogP contribution is -2.24. The number of hydrogen-bond acceptors (Lipinski definition) is 6. The number of para-hydroxylation sites is 1. The minimum absolute atomic E-state index is 0.00195. The van der Waals surface area contributed by atoms with Crippen molar-refractivity contribution in [1.82, 2.24) is 10.3 Å². The standard InChI is InChI=1S/C19H20N2O3S2/c1-23-14-7-13(8-15(9-14)24-2)10-20-18(22)11-25-12-19-21-16-5-3-4-6-17(16)26-19/h3-9H,10-12H2,1-2H3,(H,20,22). The van der Waals surface area contributed by atoms with E-state index in [9.17, 15) is 4.79 Å². The topological polar surface area (TPSA) is 60.5 Å². The molecular formula is C19H20N2O3S2. The van der Waals surface area contributed by atoms with Crippen LogP contribution >= 0.6 is 23.1 Å². The SMILES string of the molecule is COc1cc(CNC(=O)CSCc2nc3ccccc3s2)cc(OC)c1. The predicted molar refractivity (Wildman–Crippen MR) is 107 cm³/mol. The molecule has 0 spiro atoms. The van der Waals surface area contributed by atoms with Gasteiger partial charge in [0.2, 0.25) is 5.91 Å². The smallest absolute Gasteiger partial charge is 0.230 e. The zero-order valence-electron chi connectivity index (χ0n) is 14.7. The number of hydrogen-bond donors (Lipinski definition) is 1. The molecule has 0 aliphatic heterocycles. The van der Waals surface area contributed by atoms with Gasteiger partial charge in [-0.3, -0.25) is 4.79 Å². The van der Waals surface area contributed by atoms with Crippen LogP contribution in [0.4, 0.5) is 0 Å². The van der Waals surface area contributed by atoms with Crippen LogP contribution in [0.1, 0.15) is 10.6 Å². The van der Waals surface area contributed by atoms with Crippen LogP contribution in [0, 0.1) is 0 Å². The summed E-state index contributed by atoms with van der Waals surface area (Å²) in [6.45, 7) is 0.439. The van der Waals surface area contributed by atoms with E-state index in [1.54, 1.807) is 43.4 Å². The van der Waals surface area contributed by atoms with Crippen LogP contribution in [0.2, 0.25) is 0 Å². The summed E-state index contributed by atoms with van der Waals surface area (Å²) >= 11 is 3.24. The van der Waals surface area contributed by atoms with Crippen LogP contribution < -0.4 is 14.8 Å². The number of thioether (sulfide) groups is 1. The Hall–Kier alpha value is -2.25. The number of carbonyl (C=O) groups excluding carboxylic acids is 1. The van der Waals surface area contributed by atoms with Crippen molar-refractivity contribution < 1.29 is 14.3 Å². The number of ether oxygens (including phenoxy) is 2. The van der Waals surface area contributed by atoms with Crippen LogP contribution in [0.3, 0.4) is 0 Å². The number of thiazole rings is 1. The fourth-order valence-electron chi connectivity index (χ4n) is 2.43. The molecule has 0 radical (unpaired) electrons. The van der Waals surface area contributed by atoms with Gasteiger partial charge in [-0.25, -0.2) is 4.98 Å². The Morgan fingerprint density at radius 2 is 1.88 bits per heavy atom. The van der Waals surface area contributed by atoms with Crippen molar-refractivity contribution in [3.8, 4) is 11.5 Å². The number of fused-ring (bicyclic) bond motifs is 1. The molecule has 7 heteroatoms. The second-order valence-electron chi connectivity index (χ2n) is 5.57. The fourth-order valence-corrected chi connectivity index (χ4v) is 4.31. The number of nitrogens with one attached hydrogen (secondary N) is 1. The number of methoxy groups -OCH3 is 2. The van der Waals surface area contributed by atoms with Crippen molar-refractivity contribution in [1.29, 1.82) is 0 Å². The summed E-state index contributed by atoms with van der Waals surface area (Å²) in [5.41, 5.74) is 1.95. The zero-order chi connectivity index (χ0) is 18.4. The monoisotopic (exact) mass is 388 g/mol. The van der Waals surface area contributed by atoms with Crippen molar-refractivity contribution in [2.24, 2.45) is 0 Å². The number of carbonyl (C=O) groups is 1. The molecule has 0 fully saturated rings. The average molecular weight is 389 g/mol. The Balaban J connectivity index is 1.47. The lowest BCUT2D eigenvalue weighted by atomic mass is 10.2. The molecule has 0 saturated carbocycles. The summed E-state index contributed by atoms with van der Waals surface area (Å²) in [6, 6.07) is 13.6. The zero-order valence-corrected chi connectivity index (χ0v) is 16.3. The molecule has 1 N–H and O–H groups in total.